The van der Waals surface area contributed by atoms with Crippen LogP contribution in [0.2, 0.25) is 0 Å². The number of ketones is 1. The van der Waals surface area contributed by atoms with Gasteiger partial charge in [0.1, 0.15) is 11.5 Å². The highest BCUT2D eigenvalue weighted by molar-refractivity contribution is 5.84. The normalized spacial score (nSPS) is 19.3. The van der Waals surface area contributed by atoms with Gasteiger partial charge in [0.05, 0.1) is 11.0 Å². The van der Waals surface area contributed by atoms with Crippen LogP contribution in [0.4, 0.5) is 11.5 Å². The van der Waals surface area contributed by atoms with E-state index in [1.807, 2.05) is 4.90 Å². The van der Waals surface area contributed by atoms with E-state index in [2.05, 4.69) is 4.98 Å². The van der Waals surface area contributed by atoms with Crippen LogP contribution in [0.25, 0.3) is 0 Å². The molecule has 0 aromatic carbocycles. The zero-order chi connectivity index (χ0) is 14.0. The zero-order valence-electron chi connectivity index (χ0n) is 11.1. The molecule has 19 heavy (non-hydrogen) atoms. The molecule has 1 aliphatic heterocycles. The van der Waals surface area contributed by atoms with Crippen molar-refractivity contribution in [2.24, 2.45) is 0 Å². The Balaban J connectivity index is 2.32. The molecule has 1 aliphatic rings. The van der Waals surface area contributed by atoms with Gasteiger partial charge in [-0.25, -0.2) is 4.98 Å². The number of aryl methyl sites for hydroxylation is 1. The number of piperidine rings is 1. The number of anilines is 1. The van der Waals surface area contributed by atoms with Crippen molar-refractivity contribution in [2.45, 2.75) is 39.2 Å². The SMILES string of the molecule is CC(=O)C1CCCCN1c1ccc([N+](=O)[O-])c(C)n1. The second-order valence-corrected chi connectivity index (χ2v) is 4.85. The highest BCUT2D eigenvalue weighted by atomic mass is 16.6. The molecule has 1 saturated heterocycles. The van der Waals surface area contributed by atoms with Gasteiger partial charge in [-0.15, -0.1) is 0 Å². The first-order valence-corrected chi connectivity index (χ1v) is 6.40. The molecule has 1 aromatic rings. The molecule has 2 rings (SSSR count). The molecule has 2 heterocycles. The van der Waals surface area contributed by atoms with Crippen LogP contribution in [-0.2, 0) is 4.79 Å². The minimum atomic E-state index is -0.440. The van der Waals surface area contributed by atoms with E-state index in [0.29, 0.717) is 11.5 Å². The molecule has 6 nitrogen and oxygen atoms in total. The van der Waals surface area contributed by atoms with Gasteiger partial charge in [-0.2, -0.15) is 0 Å². The average Bonchev–Trinajstić information content (AvgIpc) is 2.38. The van der Waals surface area contributed by atoms with Gasteiger partial charge in [0, 0.05) is 12.6 Å². The lowest BCUT2D eigenvalue weighted by Crippen LogP contribution is -2.44. The summed E-state index contributed by atoms with van der Waals surface area (Å²) in [7, 11) is 0. The van der Waals surface area contributed by atoms with Crippen LogP contribution in [0, 0.1) is 17.0 Å². The number of nitrogens with zero attached hydrogens (tertiary/aromatic N) is 3. The van der Waals surface area contributed by atoms with Crippen LogP contribution in [0.1, 0.15) is 31.9 Å². The Hall–Kier alpha value is -1.98. The summed E-state index contributed by atoms with van der Waals surface area (Å²) >= 11 is 0. The molecule has 0 spiro atoms. The number of Topliss-reactive ketones (excluding diaryl/α,β-unsaturated/α-hetero) is 1. The molecule has 0 bridgehead atoms. The van der Waals surface area contributed by atoms with Gasteiger partial charge < -0.3 is 4.90 Å². The van der Waals surface area contributed by atoms with Crippen molar-refractivity contribution in [3.05, 3.63) is 27.9 Å². The number of nitro groups is 1. The van der Waals surface area contributed by atoms with E-state index < -0.39 is 4.92 Å². The maximum atomic E-state index is 11.7. The van der Waals surface area contributed by atoms with Gasteiger partial charge in [-0.1, -0.05) is 0 Å². The quantitative estimate of drug-likeness (QED) is 0.617. The molecule has 0 N–H and O–H groups in total. The minimum absolute atomic E-state index is 0.0140. The Morgan fingerprint density at radius 1 is 1.47 bits per heavy atom. The Morgan fingerprint density at radius 3 is 2.79 bits per heavy atom. The fourth-order valence-electron chi connectivity index (χ4n) is 2.52. The minimum Gasteiger partial charge on any atom is -0.347 e. The van der Waals surface area contributed by atoms with Gasteiger partial charge in [0.15, 0.2) is 5.78 Å². The summed E-state index contributed by atoms with van der Waals surface area (Å²) in [5.41, 5.74) is 0.399. The van der Waals surface area contributed by atoms with E-state index in [1.165, 1.54) is 6.07 Å². The lowest BCUT2D eigenvalue weighted by atomic mass is 9.99. The van der Waals surface area contributed by atoms with Crippen molar-refractivity contribution in [2.75, 3.05) is 11.4 Å². The summed E-state index contributed by atoms with van der Waals surface area (Å²) in [6.07, 6.45) is 2.88. The van der Waals surface area contributed by atoms with E-state index in [-0.39, 0.29) is 17.5 Å². The highest BCUT2D eigenvalue weighted by Gasteiger charge is 2.27. The predicted molar refractivity (Wildman–Crippen MR) is 71.3 cm³/mol. The Labute approximate surface area is 111 Å². The van der Waals surface area contributed by atoms with E-state index in [4.69, 9.17) is 0 Å². The predicted octanol–water partition coefficient (Wildman–Crippen LogP) is 2.25. The molecule has 1 fully saturated rings. The standard InChI is InChI=1S/C13H17N3O3/c1-9-11(16(18)19)6-7-13(14-9)15-8-4-3-5-12(15)10(2)17/h6-7,12H,3-5,8H2,1-2H3. The van der Waals surface area contributed by atoms with Crippen LogP contribution in [-0.4, -0.2) is 28.3 Å². The largest absolute Gasteiger partial charge is 0.347 e. The van der Waals surface area contributed by atoms with Crippen LogP contribution >= 0.6 is 0 Å². The fraction of sp³-hybridized carbons (Fsp3) is 0.538. The van der Waals surface area contributed by atoms with Crippen molar-refractivity contribution >= 4 is 17.3 Å². The molecule has 0 aliphatic carbocycles. The Bertz CT molecular complexity index is 516. The monoisotopic (exact) mass is 263 g/mol. The van der Waals surface area contributed by atoms with Crippen LogP contribution in [0.15, 0.2) is 12.1 Å². The first kappa shape index (κ1) is 13.5. The van der Waals surface area contributed by atoms with Gasteiger partial charge in [0.25, 0.3) is 5.69 Å². The van der Waals surface area contributed by atoms with E-state index in [0.717, 1.165) is 25.8 Å². The molecule has 102 valence electrons. The Morgan fingerprint density at radius 2 is 2.21 bits per heavy atom. The third-order valence-electron chi connectivity index (χ3n) is 3.51. The lowest BCUT2D eigenvalue weighted by molar-refractivity contribution is -0.385. The fourth-order valence-corrected chi connectivity index (χ4v) is 2.52. The highest BCUT2D eigenvalue weighted by Crippen LogP contribution is 2.26. The smallest absolute Gasteiger partial charge is 0.290 e. The number of carbonyl (C=O) groups excluding carboxylic acids is 1. The number of aromatic nitrogens is 1. The number of pyridine rings is 1. The molecule has 1 aromatic heterocycles. The third kappa shape index (κ3) is 2.72. The maximum Gasteiger partial charge on any atom is 0.290 e. The van der Waals surface area contributed by atoms with Crippen molar-refractivity contribution in [1.82, 2.24) is 4.98 Å². The van der Waals surface area contributed by atoms with E-state index >= 15 is 0 Å². The molecule has 6 heteroatoms. The second-order valence-electron chi connectivity index (χ2n) is 4.85. The first-order chi connectivity index (χ1) is 9.00. The van der Waals surface area contributed by atoms with Crippen molar-refractivity contribution in [3.63, 3.8) is 0 Å². The third-order valence-corrected chi connectivity index (χ3v) is 3.51. The average molecular weight is 263 g/mol. The molecular formula is C13H17N3O3. The van der Waals surface area contributed by atoms with E-state index in [9.17, 15) is 14.9 Å². The van der Waals surface area contributed by atoms with Crippen LogP contribution in [0.5, 0.6) is 0 Å². The summed E-state index contributed by atoms with van der Waals surface area (Å²) in [5, 5.41) is 10.8. The molecule has 1 unspecified atom stereocenters. The summed E-state index contributed by atoms with van der Waals surface area (Å²) in [6.45, 7) is 3.98. The molecule has 0 amide bonds. The molecule has 0 radical (unpaired) electrons. The topological polar surface area (TPSA) is 76.3 Å². The van der Waals surface area contributed by atoms with Crippen molar-refractivity contribution < 1.29 is 9.72 Å². The zero-order valence-corrected chi connectivity index (χ0v) is 11.1. The van der Waals surface area contributed by atoms with Gasteiger partial charge >= 0.3 is 0 Å². The summed E-state index contributed by atoms with van der Waals surface area (Å²) in [4.78, 5) is 28.2. The number of hydrogen-bond donors (Lipinski definition) is 0. The molecule has 1 atom stereocenters. The summed E-state index contributed by atoms with van der Waals surface area (Å²) in [6, 6.07) is 2.94. The van der Waals surface area contributed by atoms with Crippen molar-refractivity contribution in [3.8, 4) is 0 Å². The summed E-state index contributed by atoms with van der Waals surface area (Å²) < 4.78 is 0. The van der Waals surface area contributed by atoms with Crippen LogP contribution in [0.3, 0.4) is 0 Å². The van der Waals surface area contributed by atoms with Gasteiger partial charge in [0.2, 0.25) is 0 Å². The van der Waals surface area contributed by atoms with Crippen molar-refractivity contribution in [1.29, 1.82) is 0 Å². The number of hydrogen-bond acceptors (Lipinski definition) is 5. The Kier molecular flexibility index (Phi) is 3.78. The summed E-state index contributed by atoms with van der Waals surface area (Å²) in [5.74, 6) is 0.778. The van der Waals surface area contributed by atoms with Crippen LogP contribution < -0.4 is 4.90 Å². The number of carbonyl (C=O) groups is 1. The maximum absolute atomic E-state index is 11.7. The van der Waals surface area contributed by atoms with Gasteiger partial charge in [-0.3, -0.25) is 14.9 Å². The lowest BCUT2D eigenvalue weighted by Gasteiger charge is -2.35. The molecule has 0 saturated carbocycles. The number of rotatable bonds is 3. The van der Waals surface area contributed by atoms with E-state index in [1.54, 1.807) is 19.9 Å². The first-order valence-electron chi connectivity index (χ1n) is 6.40. The van der Waals surface area contributed by atoms with Gasteiger partial charge in [-0.05, 0) is 39.2 Å². The molecular weight excluding hydrogens is 246 g/mol. The second kappa shape index (κ2) is 5.34.